The number of hydrogen-bond donors (Lipinski definition) is 1. The molecule has 3 rings (SSSR count). The maximum Gasteiger partial charge on any atom is 0.274 e. The fourth-order valence-electron chi connectivity index (χ4n) is 2.60. The zero-order valence-electron chi connectivity index (χ0n) is 14.4. The zero-order valence-corrected chi connectivity index (χ0v) is 14.4. The van der Waals surface area contributed by atoms with E-state index >= 15 is 0 Å². The molecular formula is C19H21N5O. The van der Waals surface area contributed by atoms with E-state index in [1.807, 2.05) is 43.3 Å². The normalized spacial score (nSPS) is 10.6. The highest BCUT2D eigenvalue weighted by atomic mass is 16.2. The molecule has 1 aromatic carbocycles. The zero-order chi connectivity index (χ0) is 17.6. The summed E-state index contributed by atoms with van der Waals surface area (Å²) >= 11 is 0. The Balaban J connectivity index is 2.06. The van der Waals surface area contributed by atoms with E-state index in [9.17, 15) is 4.79 Å². The Morgan fingerprint density at radius 3 is 2.84 bits per heavy atom. The summed E-state index contributed by atoms with van der Waals surface area (Å²) < 4.78 is 1.69. The van der Waals surface area contributed by atoms with Gasteiger partial charge in [-0.1, -0.05) is 30.7 Å². The standard InChI is InChI=1S/C19H21N5O/c1-3-4-11-21-19(25)17-18(15-8-6-10-20-13-15)24(23-22-17)16-9-5-7-14(2)12-16/h5-10,12-13H,3-4,11H2,1-2H3,(H,21,25). The summed E-state index contributed by atoms with van der Waals surface area (Å²) in [7, 11) is 0. The van der Waals surface area contributed by atoms with Gasteiger partial charge in [-0.15, -0.1) is 5.10 Å². The Morgan fingerprint density at radius 1 is 1.24 bits per heavy atom. The summed E-state index contributed by atoms with van der Waals surface area (Å²) in [5, 5.41) is 11.3. The van der Waals surface area contributed by atoms with Crippen LogP contribution in [0, 0.1) is 6.92 Å². The van der Waals surface area contributed by atoms with Crippen LogP contribution in [0.3, 0.4) is 0 Å². The third kappa shape index (κ3) is 3.74. The number of aryl methyl sites for hydroxylation is 1. The van der Waals surface area contributed by atoms with Gasteiger partial charge in [-0.05, 0) is 43.2 Å². The molecule has 128 valence electrons. The summed E-state index contributed by atoms with van der Waals surface area (Å²) in [6, 6.07) is 11.7. The van der Waals surface area contributed by atoms with Gasteiger partial charge in [0.2, 0.25) is 0 Å². The summed E-state index contributed by atoms with van der Waals surface area (Å²) in [6.45, 7) is 4.73. The van der Waals surface area contributed by atoms with E-state index in [0.717, 1.165) is 29.7 Å². The molecule has 6 nitrogen and oxygen atoms in total. The first kappa shape index (κ1) is 16.8. The van der Waals surface area contributed by atoms with Gasteiger partial charge in [0, 0.05) is 24.5 Å². The molecule has 0 spiro atoms. The number of benzene rings is 1. The fraction of sp³-hybridized carbons (Fsp3) is 0.263. The summed E-state index contributed by atoms with van der Waals surface area (Å²) in [6.07, 6.45) is 5.37. The molecule has 0 saturated heterocycles. The van der Waals surface area contributed by atoms with Crippen molar-refractivity contribution in [3.05, 3.63) is 60.0 Å². The van der Waals surface area contributed by atoms with E-state index in [-0.39, 0.29) is 5.91 Å². The van der Waals surface area contributed by atoms with Gasteiger partial charge >= 0.3 is 0 Å². The predicted octanol–water partition coefficient (Wildman–Crippen LogP) is 3.17. The Morgan fingerprint density at radius 2 is 2.12 bits per heavy atom. The quantitative estimate of drug-likeness (QED) is 0.702. The highest BCUT2D eigenvalue weighted by Gasteiger charge is 2.22. The van der Waals surface area contributed by atoms with Crippen LogP contribution in [0.15, 0.2) is 48.8 Å². The molecule has 2 aromatic heterocycles. The second-order valence-electron chi connectivity index (χ2n) is 5.89. The number of carbonyl (C=O) groups excluding carboxylic acids is 1. The molecule has 1 N–H and O–H groups in total. The minimum absolute atomic E-state index is 0.216. The number of nitrogens with zero attached hydrogens (tertiary/aromatic N) is 4. The van der Waals surface area contributed by atoms with Gasteiger partial charge in [-0.2, -0.15) is 0 Å². The Kier molecular flexibility index (Phi) is 5.18. The summed E-state index contributed by atoms with van der Waals surface area (Å²) in [5.41, 5.74) is 3.73. The lowest BCUT2D eigenvalue weighted by Crippen LogP contribution is -2.25. The molecule has 0 fully saturated rings. The first-order valence-corrected chi connectivity index (χ1v) is 8.42. The number of hydrogen-bond acceptors (Lipinski definition) is 4. The van der Waals surface area contributed by atoms with Crippen molar-refractivity contribution in [2.45, 2.75) is 26.7 Å². The number of rotatable bonds is 6. The van der Waals surface area contributed by atoms with Crippen LogP contribution in [0.2, 0.25) is 0 Å². The third-order valence-corrected chi connectivity index (χ3v) is 3.88. The molecule has 0 saturated carbocycles. The smallest absolute Gasteiger partial charge is 0.274 e. The lowest BCUT2D eigenvalue weighted by Gasteiger charge is -2.09. The van der Waals surface area contributed by atoms with E-state index < -0.39 is 0 Å². The molecule has 25 heavy (non-hydrogen) atoms. The van der Waals surface area contributed by atoms with Crippen LogP contribution in [0.25, 0.3) is 16.9 Å². The number of pyridine rings is 1. The monoisotopic (exact) mass is 335 g/mol. The second-order valence-corrected chi connectivity index (χ2v) is 5.89. The van der Waals surface area contributed by atoms with Gasteiger partial charge in [0.05, 0.1) is 5.69 Å². The summed E-state index contributed by atoms with van der Waals surface area (Å²) in [5.74, 6) is -0.216. The molecule has 0 radical (unpaired) electrons. The third-order valence-electron chi connectivity index (χ3n) is 3.88. The van der Waals surface area contributed by atoms with E-state index in [4.69, 9.17) is 0 Å². The number of unbranched alkanes of at least 4 members (excludes halogenated alkanes) is 1. The number of nitrogens with one attached hydrogen (secondary N) is 1. The van der Waals surface area contributed by atoms with Crippen LogP contribution >= 0.6 is 0 Å². The lowest BCUT2D eigenvalue weighted by atomic mass is 10.1. The minimum Gasteiger partial charge on any atom is -0.351 e. The molecule has 3 aromatic rings. The van der Waals surface area contributed by atoms with Crippen LogP contribution in [-0.2, 0) is 0 Å². The van der Waals surface area contributed by atoms with Gasteiger partial charge in [0.25, 0.3) is 5.91 Å². The van der Waals surface area contributed by atoms with E-state index in [0.29, 0.717) is 17.9 Å². The number of amides is 1. The largest absolute Gasteiger partial charge is 0.351 e. The topological polar surface area (TPSA) is 72.7 Å². The highest BCUT2D eigenvalue weighted by molar-refractivity contribution is 5.98. The molecule has 0 atom stereocenters. The second kappa shape index (κ2) is 7.70. The average Bonchev–Trinajstić information content (AvgIpc) is 3.08. The molecule has 0 aliphatic rings. The average molecular weight is 335 g/mol. The van der Waals surface area contributed by atoms with Crippen LogP contribution in [0.1, 0.15) is 35.8 Å². The van der Waals surface area contributed by atoms with Gasteiger partial charge < -0.3 is 5.32 Å². The predicted molar refractivity (Wildman–Crippen MR) is 96.6 cm³/mol. The molecule has 0 bridgehead atoms. The molecule has 6 heteroatoms. The van der Waals surface area contributed by atoms with Crippen LogP contribution in [-0.4, -0.2) is 32.4 Å². The molecule has 2 heterocycles. The van der Waals surface area contributed by atoms with Crippen LogP contribution in [0.5, 0.6) is 0 Å². The maximum absolute atomic E-state index is 12.6. The first-order valence-electron chi connectivity index (χ1n) is 8.42. The van der Waals surface area contributed by atoms with Crippen molar-refractivity contribution in [2.75, 3.05) is 6.54 Å². The number of aromatic nitrogens is 4. The lowest BCUT2D eigenvalue weighted by molar-refractivity contribution is 0.0949. The van der Waals surface area contributed by atoms with Crippen molar-refractivity contribution in [1.82, 2.24) is 25.3 Å². The SMILES string of the molecule is CCCCNC(=O)c1nnn(-c2cccc(C)c2)c1-c1cccnc1. The Labute approximate surface area is 146 Å². The fourth-order valence-corrected chi connectivity index (χ4v) is 2.60. The van der Waals surface area contributed by atoms with Crippen molar-refractivity contribution < 1.29 is 4.79 Å². The molecule has 0 aliphatic heterocycles. The van der Waals surface area contributed by atoms with Gasteiger partial charge in [0.1, 0.15) is 5.69 Å². The Hall–Kier alpha value is -3.02. The number of carbonyl (C=O) groups is 1. The van der Waals surface area contributed by atoms with E-state index in [1.165, 1.54) is 0 Å². The molecule has 0 unspecified atom stereocenters. The van der Waals surface area contributed by atoms with Gasteiger partial charge in [-0.3, -0.25) is 9.78 Å². The first-order chi connectivity index (χ1) is 12.2. The van der Waals surface area contributed by atoms with Gasteiger partial charge in [-0.25, -0.2) is 4.68 Å². The van der Waals surface area contributed by atoms with Crippen molar-refractivity contribution in [1.29, 1.82) is 0 Å². The molecule has 0 aliphatic carbocycles. The minimum atomic E-state index is -0.216. The van der Waals surface area contributed by atoms with Crippen molar-refractivity contribution in [2.24, 2.45) is 0 Å². The molecule has 1 amide bonds. The molecular weight excluding hydrogens is 314 g/mol. The highest BCUT2D eigenvalue weighted by Crippen LogP contribution is 2.25. The van der Waals surface area contributed by atoms with Crippen LogP contribution in [0.4, 0.5) is 0 Å². The Bertz CT molecular complexity index is 857. The van der Waals surface area contributed by atoms with Crippen molar-refractivity contribution >= 4 is 5.91 Å². The maximum atomic E-state index is 12.6. The van der Waals surface area contributed by atoms with Crippen molar-refractivity contribution in [3.63, 3.8) is 0 Å². The summed E-state index contributed by atoms with van der Waals surface area (Å²) in [4.78, 5) is 16.7. The van der Waals surface area contributed by atoms with Gasteiger partial charge in [0.15, 0.2) is 5.69 Å². The van der Waals surface area contributed by atoms with E-state index in [2.05, 4.69) is 27.5 Å². The van der Waals surface area contributed by atoms with Crippen LogP contribution < -0.4 is 5.32 Å². The van der Waals surface area contributed by atoms with Crippen molar-refractivity contribution in [3.8, 4) is 16.9 Å². The van der Waals surface area contributed by atoms with E-state index in [1.54, 1.807) is 17.1 Å².